The highest BCUT2D eigenvalue weighted by atomic mass is 35.5. The summed E-state index contributed by atoms with van der Waals surface area (Å²) in [6, 6.07) is 2.94. The van der Waals surface area contributed by atoms with E-state index in [2.05, 4.69) is 5.92 Å². The van der Waals surface area contributed by atoms with E-state index >= 15 is 0 Å². The molecule has 2 N–H and O–H groups in total. The summed E-state index contributed by atoms with van der Waals surface area (Å²) in [5.74, 6) is 2.57. The lowest BCUT2D eigenvalue weighted by Crippen LogP contribution is -2.32. The standard InChI is InChI=1S/C14H19ClN2O3S/c1-4-6-17(7-5-2)21(18,19)13-9-12(15)8-11(10-16)14(13)20-3/h1,8-9H,5-7,10,16H2,2-3H3. The van der Waals surface area contributed by atoms with Crippen LogP contribution in [0.1, 0.15) is 18.9 Å². The fourth-order valence-corrected chi connectivity index (χ4v) is 3.95. The lowest BCUT2D eigenvalue weighted by Gasteiger charge is -2.22. The SMILES string of the molecule is C#CCN(CCC)S(=O)(=O)c1cc(Cl)cc(CN)c1OC. The molecule has 1 aromatic rings. The minimum absolute atomic E-state index is 0.0101. The van der Waals surface area contributed by atoms with Crippen molar-refractivity contribution in [2.24, 2.45) is 5.73 Å². The second kappa shape index (κ2) is 7.66. The van der Waals surface area contributed by atoms with Gasteiger partial charge in [-0.05, 0) is 18.6 Å². The van der Waals surface area contributed by atoms with E-state index in [1.165, 1.54) is 17.5 Å². The predicted octanol–water partition coefficient (Wildman–Crippen LogP) is 1.84. The molecule has 7 heteroatoms. The Morgan fingerprint density at radius 1 is 1.48 bits per heavy atom. The summed E-state index contributed by atoms with van der Waals surface area (Å²) in [6.07, 6.45) is 5.90. The minimum Gasteiger partial charge on any atom is -0.495 e. The summed E-state index contributed by atoms with van der Waals surface area (Å²) in [5.41, 5.74) is 6.15. The van der Waals surface area contributed by atoms with Crippen molar-refractivity contribution in [2.45, 2.75) is 24.8 Å². The van der Waals surface area contributed by atoms with Gasteiger partial charge in [0.25, 0.3) is 0 Å². The zero-order valence-corrected chi connectivity index (χ0v) is 13.7. The number of methoxy groups -OCH3 is 1. The Bertz CT molecular complexity index is 638. The summed E-state index contributed by atoms with van der Waals surface area (Å²) in [4.78, 5) is -0.0124. The van der Waals surface area contributed by atoms with Crippen molar-refractivity contribution >= 4 is 21.6 Å². The van der Waals surface area contributed by atoms with E-state index in [4.69, 9.17) is 28.5 Å². The highest BCUT2D eigenvalue weighted by molar-refractivity contribution is 7.89. The number of rotatable bonds is 7. The normalized spacial score (nSPS) is 11.4. The van der Waals surface area contributed by atoms with Crippen molar-refractivity contribution in [3.05, 3.63) is 22.7 Å². The fourth-order valence-electron chi connectivity index (χ4n) is 1.97. The quantitative estimate of drug-likeness (QED) is 0.774. The molecule has 1 rings (SSSR count). The molecule has 1 aromatic carbocycles. The number of ether oxygens (including phenoxy) is 1. The molecule has 0 radical (unpaired) electrons. The maximum absolute atomic E-state index is 12.8. The number of halogens is 1. The highest BCUT2D eigenvalue weighted by Gasteiger charge is 2.28. The Morgan fingerprint density at radius 3 is 2.62 bits per heavy atom. The number of hydrogen-bond donors (Lipinski definition) is 1. The predicted molar refractivity (Wildman–Crippen MR) is 83.8 cm³/mol. The molecule has 0 amide bonds. The van der Waals surface area contributed by atoms with Gasteiger partial charge in [0.1, 0.15) is 10.6 Å². The molecule has 0 fully saturated rings. The van der Waals surface area contributed by atoms with Gasteiger partial charge in [-0.3, -0.25) is 0 Å². The van der Waals surface area contributed by atoms with Crippen LogP contribution in [-0.4, -0.2) is 32.9 Å². The van der Waals surface area contributed by atoms with Crippen LogP contribution in [-0.2, 0) is 16.6 Å². The smallest absolute Gasteiger partial charge is 0.247 e. The van der Waals surface area contributed by atoms with Gasteiger partial charge < -0.3 is 10.5 Å². The molecule has 116 valence electrons. The van der Waals surface area contributed by atoms with Gasteiger partial charge in [0.15, 0.2) is 0 Å². The van der Waals surface area contributed by atoms with E-state index in [1.807, 2.05) is 6.92 Å². The molecule has 21 heavy (non-hydrogen) atoms. The van der Waals surface area contributed by atoms with Crippen molar-refractivity contribution in [1.29, 1.82) is 0 Å². The summed E-state index contributed by atoms with van der Waals surface area (Å²) in [6.45, 7) is 2.30. The molecule has 0 saturated heterocycles. The molecule has 0 saturated carbocycles. The second-order valence-electron chi connectivity index (χ2n) is 4.34. The molecule has 0 unspecified atom stereocenters. The van der Waals surface area contributed by atoms with E-state index in [-0.39, 0.29) is 28.8 Å². The summed E-state index contributed by atoms with van der Waals surface area (Å²) in [7, 11) is -2.40. The van der Waals surface area contributed by atoms with Crippen LogP contribution in [0.15, 0.2) is 17.0 Å². The van der Waals surface area contributed by atoms with Crippen LogP contribution in [0.4, 0.5) is 0 Å². The third-order valence-electron chi connectivity index (χ3n) is 2.88. The molecule has 5 nitrogen and oxygen atoms in total. The second-order valence-corrected chi connectivity index (χ2v) is 6.69. The Balaban J connectivity index is 3.49. The van der Waals surface area contributed by atoms with Crippen LogP contribution in [0.25, 0.3) is 0 Å². The molecule has 0 heterocycles. The molecule has 0 aliphatic carbocycles. The Morgan fingerprint density at radius 2 is 2.14 bits per heavy atom. The van der Waals surface area contributed by atoms with Gasteiger partial charge in [-0.1, -0.05) is 24.4 Å². The monoisotopic (exact) mass is 330 g/mol. The van der Waals surface area contributed by atoms with Crippen LogP contribution in [0.2, 0.25) is 5.02 Å². The van der Waals surface area contributed by atoms with Crippen LogP contribution < -0.4 is 10.5 Å². The van der Waals surface area contributed by atoms with Crippen molar-refractivity contribution in [2.75, 3.05) is 20.2 Å². The van der Waals surface area contributed by atoms with E-state index in [0.29, 0.717) is 18.5 Å². The van der Waals surface area contributed by atoms with Crippen LogP contribution in [0.3, 0.4) is 0 Å². The lowest BCUT2D eigenvalue weighted by molar-refractivity contribution is 0.391. The number of benzene rings is 1. The van der Waals surface area contributed by atoms with Gasteiger partial charge >= 0.3 is 0 Å². The minimum atomic E-state index is -3.80. The lowest BCUT2D eigenvalue weighted by atomic mass is 10.2. The molecule has 0 aliphatic heterocycles. The first kappa shape index (κ1) is 17.8. The largest absolute Gasteiger partial charge is 0.495 e. The number of hydrogen-bond acceptors (Lipinski definition) is 4. The molecule has 0 atom stereocenters. The molecule has 0 spiro atoms. The van der Waals surface area contributed by atoms with Crippen molar-refractivity contribution in [3.8, 4) is 18.1 Å². The Labute approximate surface area is 131 Å². The van der Waals surface area contributed by atoms with Crippen LogP contribution in [0.5, 0.6) is 5.75 Å². The van der Waals surface area contributed by atoms with Crippen LogP contribution >= 0.6 is 11.6 Å². The summed E-state index contributed by atoms with van der Waals surface area (Å²) >= 11 is 5.99. The third kappa shape index (κ3) is 3.89. The van der Waals surface area contributed by atoms with Gasteiger partial charge in [0, 0.05) is 23.7 Å². The fraction of sp³-hybridized carbons (Fsp3) is 0.429. The molecular formula is C14H19ClN2O3S. The van der Waals surface area contributed by atoms with Gasteiger partial charge in [-0.25, -0.2) is 8.42 Å². The summed E-state index contributed by atoms with van der Waals surface area (Å²) in [5, 5.41) is 0.284. The van der Waals surface area contributed by atoms with Gasteiger partial charge in [-0.2, -0.15) is 4.31 Å². The first-order chi connectivity index (χ1) is 9.92. The van der Waals surface area contributed by atoms with E-state index < -0.39 is 10.0 Å². The van der Waals surface area contributed by atoms with E-state index in [0.717, 1.165) is 0 Å². The average molecular weight is 331 g/mol. The zero-order valence-electron chi connectivity index (χ0n) is 12.1. The van der Waals surface area contributed by atoms with E-state index in [1.54, 1.807) is 6.07 Å². The van der Waals surface area contributed by atoms with E-state index in [9.17, 15) is 8.42 Å². The topological polar surface area (TPSA) is 72.6 Å². The van der Waals surface area contributed by atoms with Gasteiger partial charge in [0.2, 0.25) is 10.0 Å². The van der Waals surface area contributed by atoms with Crippen molar-refractivity contribution in [1.82, 2.24) is 4.31 Å². The maximum atomic E-state index is 12.8. The zero-order chi connectivity index (χ0) is 16.0. The number of nitrogens with two attached hydrogens (primary N) is 1. The molecular weight excluding hydrogens is 312 g/mol. The first-order valence-electron chi connectivity index (χ1n) is 6.42. The Hall–Kier alpha value is -1.26. The van der Waals surface area contributed by atoms with Crippen molar-refractivity contribution in [3.63, 3.8) is 0 Å². The third-order valence-corrected chi connectivity index (χ3v) is 4.95. The molecule has 0 aliphatic rings. The first-order valence-corrected chi connectivity index (χ1v) is 8.24. The highest BCUT2D eigenvalue weighted by Crippen LogP contribution is 2.33. The Kier molecular flexibility index (Phi) is 6.49. The van der Waals surface area contributed by atoms with Crippen LogP contribution in [0, 0.1) is 12.3 Å². The van der Waals surface area contributed by atoms with Crippen molar-refractivity contribution < 1.29 is 13.2 Å². The van der Waals surface area contributed by atoms with Gasteiger partial charge in [0.05, 0.1) is 13.7 Å². The summed E-state index contributed by atoms with van der Waals surface area (Å²) < 4.78 is 32.0. The van der Waals surface area contributed by atoms with Gasteiger partial charge in [-0.15, -0.1) is 6.42 Å². The maximum Gasteiger partial charge on any atom is 0.247 e. The number of sulfonamides is 1. The average Bonchev–Trinajstić information content (AvgIpc) is 2.45. The number of nitrogens with zero attached hydrogens (tertiary/aromatic N) is 1. The molecule has 0 aromatic heterocycles. The molecule has 0 bridgehead atoms. The number of terminal acetylenes is 1.